The van der Waals surface area contributed by atoms with Gasteiger partial charge in [-0.25, -0.2) is 0 Å². The van der Waals surface area contributed by atoms with Crippen molar-refractivity contribution in [3.8, 4) is 0 Å². The van der Waals surface area contributed by atoms with Gasteiger partial charge in [-0.15, -0.1) is 0 Å². The standard InChI is InChI=1S/C12H24N2S/c1-5-7-11(6-2)14-12-13-9(3)8-10(4)15-12/h9-11H,5-8H2,1-4H3,(H,13,14). The fourth-order valence-electron chi connectivity index (χ4n) is 1.98. The monoisotopic (exact) mass is 228 g/mol. The molecule has 1 N–H and O–H groups in total. The summed E-state index contributed by atoms with van der Waals surface area (Å²) in [5.41, 5.74) is 0. The predicted molar refractivity (Wildman–Crippen MR) is 70.7 cm³/mol. The van der Waals surface area contributed by atoms with Crippen LogP contribution >= 0.6 is 11.8 Å². The van der Waals surface area contributed by atoms with Crippen LogP contribution in [0.4, 0.5) is 0 Å². The van der Waals surface area contributed by atoms with Gasteiger partial charge in [0.2, 0.25) is 0 Å². The number of hydrogen-bond acceptors (Lipinski definition) is 3. The highest BCUT2D eigenvalue weighted by molar-refractivity contribution is 8.14. The summed E-state index contributed by atoms with van der Waals surface area (Å²) in [6.45, 7) is 8.98. The van der Waals surface area contributed by atoms with Crippen LogP contribution in [0.15, 0.2) is 4.99 Å². The average molecular weight is 228 g/mol. The van der Waals surface area contributed by atoms with Crippen LogP contribution in [-0.2, 0) is 0 Å². The van der Waals surface area contributed by atoms with E-state index in [1.54, 1.807) is 0 Å². The molecule has 0 aromatic heterocycles. The van der Waals surface area contributed by atoms with Crippen LogP contribution in [0.3, 0.4) is 0 Å². The Kier molecular flexibility index (Phi) is 5.51. The van der Waals surface area contributed by atoms with Gasteiger partial charge in [0.1, 0.15) is 0 Å². The van der Waals surface area contributed by atoms with Crippen LogP contribution in [0, 0.1) is 0 Å². The third-order valence-electron chi connectivity index (χ3n) is 2.78. The molecule has 3 atom stereocenters. The number of thioether (sulfide) groups is 1. The van der Waals surface area contributed by atoms with Crippen LogP contribution < -0.4 is 5.32 Å². The molecule has 1 rings (SSSR count). The molecule has 1 heterocycles. The summed E-state index contributed by atoms with van der Waals surface area (Å²) in [6.07, 6.45) is 4.89. The lowest BCUT2D eigenvalue weighted by atomic mass is 10.1. The van der Waals surface area contributed by atoms with Crippen molar-refractivity contribution >= 4 is 16.9 Å². The minimum absolute atomic E-state index is 0.489. The van der Waals surface area contributed by atoms with E-state index in [1.807, 2.05) is 11.8 Å². The maximum Gasteiger partial charge on any atom is 0.157 e. The lowest BCUT2D eigenvalue weighted by molar-refractivity contribution is 0.535. The maximum atomic E-state index is 4.67. The van der Waals surface area contributed by atoms with Crippen LogP contribution in [0.25, 0.3) is 0 Å². The van der Waals surface area contributed by atoms with Crippen molar-refractivity contribution in [3.63, 3.8) is 0 Å². The summed E-state index contributed by atoms with van der Waals surface area (Å²) >= 11 is 1.90. The van der Waals surface area contributed by atoms with Gasteiger partial charge in [-0.3, -0.25) is 4.99 Å². The molecule has 0 spiro atoms. The van der Waals surface area contributed by atoms with Crippen molar-refractivity contribution in [2.45, 2.75) is 70.7 Å². The van der Waals surface area contributed by atoms with E-state index in [0.717, 1.165) is 0 Å². The van der Waals surface area contributed by atoms with E-state index in [9.17, 15) is 0 Å². The van der Waals surface area contributed by atoms with Crippen molar-refractivity contribution in [3.05, 3.63) is 0 Å². The minimum atomic E-state index is 0.489. The Morgan fingerprint density at radius 2 is 2.20 bits per heavy atom. The first-order valence-electron chi connectivity index (χ1n) is 6.16. The largest absolute Gasteiger partial charge is 0.362 e. The number of nitrogens with zero attached hydrogens (tertiary/aromatic N) is 1. The Labute approximate surface area is 98.3 Å². The van der Waals surface area contributed by atoms with Crippen LogP contribution in [0.5, 0.6) is 0 Å². The van der Waals surface area contributed by atoms with Gasteiger partial charge < -0.3 is 5.32 Å². The van der Waals surface area contributed by atoms with E-state index in [2.05, 4.69) is 38.0 Å². The maximum absolute atomic E-state index is 4.67. The van der Waals surface area contributed by atoms with Gasteiger partial charge in [-0.1, -0.05) is 39.0 Å². The van der Waals surface area contributed by atoms with Gasteiger partial charge in [0, 0.05) is 11.3 Å². The van der Waals surface area contributed by atoms with E-state index in [0.29, 0.717) is 17.3 Å². The number of aliphatic imine (C=N–C) groups is 1. The van der Waals surface area contributed by atoms with E-state index in [1.165, 1.54) is 30.9 Å². The van der Waals surface area contributed by atoms with Gasteiger partial charge in [-0.05, 0) is 26.2 Å². The predicted octanol–water partition coefficient (Wildman–Crippen LogP) is 3.42. The summed E-state index contributed by atoms with van der Waals surface area (Å²) in [4.78, 5) is 4.67. The third-order valence-corrected chi connectivity index (χ3v) is 3.82. The third kappa shape index (κ3) is 4.45. The smallest absolute Gasteiger partial charge is 0.157 e. The molecule has 3 unspecified atom stereocenters. The Hall–Kier alpha value is -0.180. The molecule has 0 aliphatic carbocycles. The normalized spacial score (nSPS) is 28.4. The van der Waals surface area contributed by atoms with Crippen molar-refractivity contribution in [1.82, 2.24) is 5.32 Å². The molecule has 0 saturated carbocycles. The van der Waals surface area contributed by atoms with Crippen molar-refractivity contribution in [2.24, 2.45) is 4.99 Å². The number of nitrogens with one attached hydrogen (secondary N) is 1. The average Bonchev–Trinajstić information content (AvgIpc) is 2.15. The topological polar surface area (TPSA) is 24.4 Å². The van der Waals surface area contributed by atoms with Crippen molar-refractivity contribution in [2.75, 3.05) is 0 Å². The molecule has 1 aliphatic rings. The van der Waals surface area contributed by atoms with Crippen LogP contribution in [0.2, 0.25) is 0 Å². The molecule has 3 heteroatoms. The molecule has 0 saturated heterocycles. The van der Waals surface area contributed by atoms with Gasteiger partial charge in [0.15, 0.2) is 5.17 Å². The summed E-state index contributed by atoms with van der Waals surface area (Å²) in [5.74, 6) is 0. The van der Waals surface area contributed by atoms with Gasteiger partial charge >= 0.3 is 0 Å². The van der Waals surface area contributed by atoms with E-state index < -0.39 is 0 Å². The molecule has 88 valence electrons. The first-order chi connectivity index (χ1) is 7.15. The molecule has 0 aromatic rings. The van der Waals surface area contributed by atoms with Crippen LogP contribution in [-0.4, -0.2) is 22.5 Å². The Balaban J connectivity index is 2.48. The fraction of sp³-hybridized carbons (Fsp3) is 0.917. The molecular formula is C12H24N2S. The lowest BCUT2D eigenvalue weighted by Crippen LogP contribution is -2.36. The second kappa shape index (κ2) is 6.41. The number of amidine groups is 1. The van der Waals surface area contributed by atoms with E-state index in [4.69, 9.17) is 0 Å². The fourth-order valence-corrected chi connectivity index (χ4v) is 3.21. The van der Waals surface area contributed by atoms with Gasteiger partial charge in [-0.2, -0.15) is 0 Å². The molecule has 0 amide bonds. The molecule has 1 aliphatic heterocycles. The second-order valence-corrected chi connectivity index (χ2v) is 5.91. The summed E-state index contributed by atoms with van der Waals surface area (Å²) in [7, 11) is 0. The summed E-state index contributed by atoms with van der Waals surface area (Å²) in [5, 5.41) is 5.46. The van der Waals surface area contributed by atoms with Crippen molar-refractivity contribution in [1.29, 1.82) is 0 Å². The van der Waals surface area contributed by atoms with E-state index in [-0.39, 0.29) is 0 Å². The second-order valence-electron chi connectivity index (χ2n) is 4.49. The van der Waals surface area contributed by atoms with Crippen LogP contribution in [0.1, 0.15) is 53.4 Å². The first kappa shape index (κ1) is 12.9. The molecule has 2 nitrogen and oxygen atoms in total. The Morgan fingerprint density at radius 1 is 1.47 bits per heavy atom. The highest BCUT2D eigenvalue weighted by Crippen LogP contribution is 2.24. The first-order valence-corrected chi connectivity index (χ1v) is 7.04. The zero-order valence-corrected chi connectivity index (χ0v) is 11.2. The summed E-state index contributed by atoms with van der Waals surface area (Å²) < 4.78 is 0. The molecule has 15 heavy (non-hydrogen) atoms. The molecule has 0 bridgehead atoms. The summed E-state index contributed by atoms with van der Waals surface area (Å²) in [6, 6.07) is 1.10. The number of rotatable bonds is 4. The van der Waals surface area contributed by atoms with Gasteiger partial charge in [0.25, 0.3) is 0 Å². The Bertz CT molecular complexity index is 216. The van der Waals surface area contributed by atoms with Crippen molar-refractivity contribution < 1.29 is 0 Å². The highest BCUT2D eigenvalue weighted by atomic mass is 32.2. The zero-order valence-electron chi connectivity index (χ0n) is 10.4. The highest BCUT2D eigenvalue weighted by Gasteiger charge is 2.19. The molecule has 0 aromatic carbocycles. The number of hydrogen-bond donors (Lipinski definition) is 1. The minimum Gasteiger partial charge on any atom is -0.362 e. The zero-order chi connectivity index (χ0) is 11.3. The van der Waals surface area contributed by atoms with E-state index >= 15 is 0 Å². The molecule has 0 fully saturated rings. The quantitative estimate of drug-likeness (QED) is 0.797. The molecule has 0 radical (unpaired) electrons. The molecular weight excluding hydrogens is 204 g/mol. The lowest BCUT2D eigenvalue weighted by Gasteiger charge is -2.26. The SMILES string of the molecule is CCCC(CC)NC1=NC(C)CC(C)S1. The Morgan fingerprint density at radius 3 is 2.73 bits per heavy atom. The van der Waals surface area contributed by atoms with Gasteiger partial charge in [0.05, 0.1) is 6.04 Å².